The van der Waals surface area contributed by atoms with Crippen LogP contribution >= 0.6 is 23.4 Å². The van der Waals surface area contributed by atoms with Gasteiger partial charge >= 0.3 is 0 Å². The molecule has 0 aromatic heterocycles. The van der Waals surface area contributed by atoms with E-state index in [2.05, 4.69) is 10.3 Å². The van der Waals surface area contributed by atoms with Crippen molar-refractivity contribution in [2.24, 2.45) is 4.99 Å². The van der Waals surface area contributed by atoms with E-state index >= 15 is 0 Å². The maximum Gasteiger partial charge on any atom is 0.272 e. The molecule has 0 aliphatic heterocycles. The summed E-state index contributed by atoms with van der Waals surface area (Å²) >= 11 is 7.02. The van der Waals surface area contributed by atoms with Crippen molar-refractivity contribution in [3.8, 4) is 11.9 Å². The molecule has 19 heavy (non-hydrogen) atoms. The third kappa shape index (κ3) is 5.32. The van der Waals surface area contributed by atoms with Crippen molar-refractivity contribution in [3.05, 3.63) is 23.2 Å². The van der Waals surface area contributed by atoms with Gasteiger partial charge in [0.25, 0.3) is 6.43 Å². The van der Waals surface area contributed by atoms with Gasteiger partial charge < -0.3 is 4.74 Å². The Morgan fingerprint density at radius 2 is 2.37 bits per heavy atom. The molecule has 102 valence electrons. The molecule has 0 radical (unpaired) electrons. The number of halogens is 3. The van der Waals surface area contributed by atoms with Gasteiger partial charge in [-0.2, -0.15) is 5.26 Å². The molecule has 0 aliphatic rings. The molecule has 0 spiro atoms. The van der Waals surface area contributed by atoms with Crippen molar-refractivity contribution >= 4 is 34.2 Å². The molecule has 1 aromatic rings. The Bertz CT molecular complexity index is 505. The Hall–Kier alpha value is -1.52. The highest BCUT2D eigenvalue weighted by Crippen LogP contribution is 2.31. The minimum atomic E-state index is -2.58. The number of aliphatic imine (C=N–C) groups is 1. The van der Waals surface area contributed by atoms with Crippen molar-refractivity contribution in [2.45, 2.75) is 6.43 Å². The fraction of sp³-hybridized carbons (Fsp3) is 0.273. The van der Waals surface area contributed by atoms with Crippen LogP contribution in [0, 0.1) is 11.5 Å². The molecule has 4 nitrogen and oxygen atoms in total. The third-order valence-corrected chi connectivity index (χ3v) is 2.68. The smallest absolute Gasteiger partial charge is 0.272 e. The van der Waals surface area contributed by atoms with Crippen LogP contribution in [0.5, 0.6) is 5.75 Å². The lowest BCUT2D eigenvalue weighted by Crippen LogP contribution is -2.12. The number of hydrogen-bond donors (Lipinski definition) is 1. The highest BCUT2D eigenvalue weighted by atomic mass is 35.5. The molecule has 1 aromatic carbocycles. The van der Waals surface area contributed by atoms with Gasteiger partial charge in [-0.15, -0.1) is 0 Å². The Morgan fingerprint density at radius 3 is 2.95 bits per heavy atom. The molecule has 0 fully saturated rings. The standard InChI is InChI=1S/C11H10ClF2N3OS/c1-19-11(16-6-15)17-8-4-7(12)2-3-9(8)18-5-10(13)14/h2-4,10H,5H2,1H3,(H,16,17). The Balaban J connectivity index is 3.03. The van der Waals surface area contributed by atoms with E-state index in [0.29, 0.717) is 10.2 Å². The van der Waals surface area contributed by atoms with E-state index in [4.69, 9.17) is 21.6 Å². The fourth-order valence-electron chi connectivity index (χ4n) is 1.13. The van der Waals surface area contributed by atoms with Gasteiger partial charge in [0.2, 0.25) is 0 Å². The summed E-state index contributed by atoms with van der Waals surface area (Å²) in [5.41, 5.74) is 0.278. The number of amidine groups is 1. The number of hydrogen-bond acceptors (Lipinski definition) is 4. The second kappa shape index (κ2) is 7.81. The van der Waals surface area contributed by atoms with Gasteiger partial charge in [0.15, 0.2) is 11.4 Å². The van der Waals surface area contributed by atoms with Gasteiger partial charge in [-0.05, 0) is 24.5 Å². The molecule has 0 unspecified atom stereocenters. The second-order valence-electron chi connectivity index (χ2n) is 3.17. The largest absolute Gasteiger partial charge is 0.485 e. The first-order valence-electron chi connectivity index (χ1n) is 5.05. The summed E-state index contributed by atoms with van der Waals surface area (Å²) in [6, 6.07) is 4.43. The molecule has 0 amide bonds. The molecule has 0 bridgehead atoms. The first kappa shape index (κ1) is 15.5. The van der Waals surface area contributed by atoms with Gasteiger partial charge in [0.05, 0.1) is 0 Å². The molecule has 0 saturated carbocycles. The Labute approximate surface area is 118 Å². The summed E-state index contributed by atoms with van der Waals surface area (Å²) in [5, 5.41) is 11.6. The van der Waals surface area contributed by atoms with Gasteiger partial charge in [0, 0.05) is 5.02 Å². The molecule has 1 rings (SSSR count). The van der Waals surface area contributed by atoms with Crippen molar-refractivity contribution in [2.75, 3.05) is 12.9 Å². The summed E-state index contributed by atoms with van der Waals surface area (Å²) in [6.45, 7) is -0.732. The topological polar surface area (TPSA) is 57.4 Å². The van der Waals surface area contributed by atoms with Gasteiger partial charge in [-0.1, -0.05) is 23.4 Å². The maximum absolute atomic E-state index is 12.1. The van der Waals surface area contributed by atoms with Crippen LogP contribution < -0.4 is 10.1 Å². The summed E-state index contributed by atoms with van der Waals surface area (Å²) in [6.07, 6.45) is 0.865. The van der Waals surface area contributed by atoms with Crippen LogP contribution in [0.4, 0.5) is 14.5 Å². The Kier molecular flexibility index (Phi) is 6.39. The van der Waals surface area contributed by atoms with Crippen molar-refractivity contribution in [1.82, 2.24) is 5.32 Å². The normalized spacial score (nSPS) is 11.3. The molecule has 0 heterocycles. The molecular formula is C11H10ClF2N3OS. The van der Waals surface area contributed by atoms with Crippen molar-refractivity contribution in [1.29, 1.82) is 5.26 Å². The van der Waals surface area contributed by atoms with Crippen molar-refractivity contribution in [3.63, 3.8) is 0 Å². The molecule has 8 heteroatoms. The number of rotatable bonds is 4. The number of alkyl halides is 2. The first-order chi connectivity index (χ1) is 9.06. The van der Waals surface area contributed by atoms with E-state index in [9.17, 15) is 8.78 Å². The summed E-state index contributed by atoms with van der Waals surface area (Å²) in [5.74, 6) is 0.177. The highest BCUT2D eigenvalue weighted by Gasteiger charge is 2.09. The molecule has 0 atom stereocenters. The van der Waals surface area contributed by atoms with E-state index in [1.165, 1.54) is 30.0 Å². The summed E-state index contributed by atoms with van der Waals surface area (Å²) in [4.78, 5) is 4.10. The quantitative estimate of drug-likeness (QED) is 0.401. The number of ether oxygens (including phenoxy) is 1. The number of benzene rings is 1. The summed E-state index contributed by atoms with van der Waals surface area (Å²) in [7, 11) is 0. The zero-order chi connectivity index (χ0) is 14.3. The first-order valence-corrected chi connectivity index (χ1v) is 6.65. The van der Waals surface area contributed by atoms with Gasteiger partial charge in [-0.3, -0.25) is 5.32 Å². The summed E-state index contributed by atoms with van der Waals surface area (Å²) < 4.78 is 29.2. The van der Waals surface area contributed by atoms with Crippen LogP contribution in [0.3, 0.4) is 0 Å². The average Bonchev–Trinajstić information content (AvgIpc) is 2.37. The Morgan fingerprint density at radius 1 is 1.63 bits per heavy atom. The fourth-order valence-corrected chi connectivity index (χ4v) is 1.64. The van der Waals surface area contributed by atoms with E-state index in [1.807, 2.05) is 0 Å². The third-order valence-electron chi connectivity index (χ3n) is 1.86. The zero-order valence-corrected chi connectivity index (χ0v) is 11.4. The monoisotopic (exact) mass is 305 g/mol. The number of nitriles is 1. The molecule has 1 N–H and O–H groups in total. The van der Waals surface area contributed by atoms with Crippen LogP contribution in [0.2, 0.25) is 5.02 Å². The van der Waals surface area contributed by atoms with Crippen LogP contribution in [-0.2, 0) is 0 Å². The minimum absolute atomic E-state index is 0.177. The predicted octanol–water partition coefficient (Wildman–Crippen LogP) is 3.41. The molecule has 0 saturated heterocycles. The van der Waals surface area contributed by atoms with Crippen LogP contribution in [-0.4, -0.2) is 24.5 Å². The number of nitrogens with zero attached hydrogens (tertiary/aromatic N) is 2. The lowest BCUT2D eigenvalue weighted by Gasteiger charge is -2.09. The zero-order valence-electron chi connectivity index (χ0n) is 9.86. The molecular weight excluding hydrogens is 296 g/mol. The van der Waals surface area contributed by atoms with Crippen molar-refractivity contribution < 1.29 is 13.5 Å². The lowest BCUT2D eigenvalue weighted by molar-refractivity contribution is 0.0822. The van der Waals surface area contributed by atoms with Gasteiger partial charge in [0.1, 0.15) is 18.0 Å². The van der Waals surface area contributed by atoms with Crippen LogP contribution in [0.15, 0.2) is 23.2 Å². The van der Waals surface area contributed by atoms with E-state index in [0.717, 1.165) is 0 Å². The lowest BCUT2D eigenvalue weighted by atomic mass is 10.3. The van der Waals surface area contributed by atoms with E-state index in [-0.39, 0.29) is 11.4 Å². The van der Waals surface area contributed by atoms with Crippen LogP contribution in [0.25, 0.3) is 0 Å². The molecule has 0 aliphatic carbocycles. The van der Waals surface area contributed by atoms with Gasteiger partial charge in [-0.25, -0.2) is 13.8 Å². The van der Waals surface area contributed by atoms with E-state index < -0.39 is 13.0 Å². The number of thioether (sulfide) groups is 1. The van der Waals surface area contributed by atoms with Crippen LogP contribution in [0.1, 0.15) is 0 Å². The minimum Gasteiger partial charge on any atom is -0.485 e. The predicted molar refractivity (Wildman–Crippen MR) is 72.3 cm³/mol. The average molecular weight is 306 g/mol. The second-order valence-corrected chi connectivity index (χ2v) is 4.40. The number of nitrogens with one attached hydrogen (secondary N) is 1. The van der Waals surface area contributed by atoms with E-state index in [1.54, 1.807) is 12.4 Å². The maximum atomic E-state index is 12.1. The highest BCUT2D eigenvalue weighted by molar-refractivity contribution is 8.13. The SMILES string of the molecule is CSC(=Nc1cc(Cl)ccc1OCC(F)F)NC#N.